The SMILES string of the molecule is COC(=O)[C@H](Cc1c[nH]c2ccccc12)NC(=O)[C@H](Cc1ccc([N+](=O)[O-])cc1)N(C)C(=O)c1cc(C)cc(C)c1. The van der Waals surface area contributed by atoms with Crippen LogP contribution in [0.4, 0.5) is 5.69 Å². The van der Waals surface area contributed by atoms with Gasteiger partial charge in [0.2, 0.25) is 5.91 Å². The van der Waals surface area contributed by atoms with Crippen molar-refractivity contribution in [3.63, 3.8) is 0 Å². The lowest BCUT2D eigenvalue weighted by Gasteiger charge is -2.29. The number of aromatic amines is 1. The lowest BCUT2D eigenvalue weighted by molar-refractivity contribution is -0.384. The van der Waals surface area contributed by atoms with Gasteiger partial charge < -0.3 is 19.9 Å². The quantitative estimate of drug-likeness (QED) is 0.170. The molecule has 0 unspecified atom stereocenters. The summed E-state index contributed by atoms with van der Waals surface area (Å²) >= 11 is 0. The van der Waals surface area contributed by atoms with Gasteiger partial charge in [-0.2, -0.15) is 0 Å². The summed E-state index contributed by atoms with van der Waals surface area (Å²) in [5.41, 5.74) is 4.48. The van der Waals surface area contributed by atoms with E-state index in [0.717, 1.165) is 27.6 Å². The number of amides is 2. The van der Waals surface area contributed by atoms with E-state index in [-0.39, 0.29) is 24.4 Å². The molecule has 0 fully saturated rings. The van der Waals surface area contributed by atoms with Gasteiger partial charge in [0, 0.05) is 54.7 Å². The van der Waals surface area contributed by atoms with Gasteiger partial charge in [-0.15, -0.1) is 0 Å². The average molecular weight is 557 g/mol. The number of methoxy groups -OCH3 is 1. The molecule has 0 aliphatic heterocycles. The Bertz CT molecular complexity index is 1570. The smallest absolute Gasteiger partial charge is 0.328 e. The van der Waals surface area contributed by atoms with Crippen molar-refractivity contribution in [2.75, 3.05) is 14.2 Å². The molecule has 3 aromatic carbocycles. The molecule has 0 bridgehead atoms. The topological polar surface area (TPSA) is 135 Å². The van der Waals surface area contributed by atoms with Crippen molar-refractivity contribution in [1.29, 1.82) is 0 Å². The minimum absolute atomic E-state index is 0.0673. The van der Waals surface area contributed by atoms with Crippen LogP contribution in [0.2, 0.25) is 0 Å². The first-order valence-electron chi connectivity index (χ1n) is 13.1. The number of ether oxygens (including phenoxy) is 1. The lowest BCUT2D eigenvalue weighted by Crippen LogP contribution is -2.53. The number of H-pyrrole nitrogens is 1. The van der Waals surface area contributed by atoms with Gasteiger partial charge in [-0.3, -0.25) is 19.7 Å². The van der Waals surface area contributed by atoms with Gasteiger partial charge in [0.1, 0.15) is 12.1 Å². The van der Waals surface area contributed by atoms with Gasteiger partial charge in [0.15, 0.2) is 0 Å². The van der Waals surface area contributed by atoms with E-state index in [1.54, 1.807) is 30.5 Å². The highest BCUT2D eigenvalue weighted by molar-refractivity contribution is 5.98. The number of carbonyl (C=O) groups is 3. The van der Waals surface area contributed by atoms with E-state index in [2.05, 4.69) is 10.3 Å². The van der Waals surface area contributed by atoms with Crippen molar-refractivity contribution < 1.29 is 24.0 Å². The Balaban J connectivity index is 1.64. The number of non-ortho nitro benzene ring substituents is 1. The molecule has 2 amide bonds. The zero-order valence-corrected chi connectivity index (χ0v) is 23.3. The Morgan fingerprint density at radius 3 is 2.29 bits per heavy atom. The molecule has 0 aliphatic carbocycles. The molecule has 0 radical (unpaired) electrons. The molecule has 41 heavy (non-hydrogen) atoms. The fourth-order valence-corrected chi connectivity index (χ4v) is 4.95. The molecule has 0 saturated carbocycles. The largest absolute Gasteiger partial charge is 0.467 e. The second-order valence-corrected chi connectivity index (χ2v) is 10.1. The van der Waals surface area contributed by atoms with Crippen LogP contribution in [0.3, 0.4) is 0 Å². The molecule has 4 aromatic rings. The minimum atomic E-state index is -1.03. The third-order valence-corrected chi connectivity index (χ3v) is 7.04. The Morgan fingerprint density at radius 1 is 1.00 bits per heavy atom. The van der Waals surface area contributed by atoms with Crippen molar-refractivity contribution in [3.8, 4) is 0 Å². The highest BCUT2D eigenvalue weighted by Gasteiger charge is 2.32. The number of nitro benzene ring substituents is 1. The fraction of sp³-hybridized carbons (Fsp3) is 0.258. The maximum absolute atomic E-state index is 13.8. The van der Waals surface area contributed by atoms with Crippen molar-refractivity contribution in [1.82, 2.24) is 15.2 Å². The Kier molecular flexibility index (Phi) is 8.81. The van der Waals surface area contributed by atoms with Crippen molar-refractivity contribution in [3.05, 3.63) is 111 Å². The van der Waals surface area contributed by atoms with Crippen LogP contribution in [0.25, 0.3) is 10.9 Å². The van der Waals surface area contributed by atoms with Crippen LogP contribution >= 0.6 is 0 Å². The molecule has 0 aliphatic rings. The first-order valence-corrected chi connectivity index (χ1v) is 13.1. The number of para-hydroxylation sites is 1. The van der Waals surface area contributed by atoms with Crippen LogP contribution in [0, 0.1) is 24.0 Å². The number of hydrogen-bond donors (Lipinski definition) is 2. The number of benzene rings is 3. The van der Waals surface area contributed by atoms with Gasteiger partial charge in [-0.1, -0.05) is 47.5 Å². The number of aromatic nitrogens is 1. The third kappa shape index (κ3) is 6.78. The predicted molar refractivity (Wildman–Crippen MR) is 155 cm³/mol. The van der Waals surface area contributed by atoms with E-state index < -0.39 is 28.9 Å². The summed E-state index contributed by atoms with van der Waals surface area (Å²) in [5, 5.41) is 14.8. The lowest BCUT2D eigenvalue weighted by atomic mass is 10.00. The Hall–Kier alpha value is -4.99. The van der Waals surface area contributed by atoms with Crippen LogP contribution < -0.4 is 5.32 Å². The van der Waals surface area contributed by atoms with E-state index in [1.807, 2.05) is 44.2 Å². The predicted octanol–water partition coefficient (Wildman–Crippen LogP) is 4.28. The third-order valence-electron chi connectivity index (χ3n) is 7.04. The molecule has 10 heteroatoms. The number of rotatable bonds is 10. The number of nitrogens with zero attached hydrogens (tertiary/aromatic N) is 2. The summed E-state index contributed by atoms with van der Waals surface area (Å²) in [6, 6.07) is 16.8. The van der Waals surface area contributed by atoms with E-state index >= 15 is 0 Å². The minimum Gasteiger partial charge on any atom is -0.467 e. The van der Waals surface area contributed by atoms with Crippen molar-refractivity contribution in [2.24, 2.45) is 0 Å². The summed E-state index contributed by atoms with van der Waals surface area (Å²) in [4.78, 5) is 55.3. The van der Waals surface area contributed by atoms with E-state index in [9.17, 15) is 24.5 Å². The molecule has 1 heterocycles. The Morgan fingerprint density at radius 2 is 1.66 bits per heavy atom. The van der Waals surface area contributed by atoms with Crippen molar-refractivity contribution >= 4 is 34.4 Å². The summed E-state index contributed by atoms with van der Waals surface area (Å²) in [7, 11) is 2.78. The highest BCUT2D eigenvalue weighted by atomic mass is 16.6. The molecule has 2 N–H and O–H groups in total. The van der Waals surface area contributed by atoms with Crippen LogP contribution in [-0.4, -0.2) is 58.8 Å². The molecule has 4 rings (SSSR count). The van der Waals surface area contributed by atoms with Crippen LogP contribution in [0.15, 0.2) is 72.9 Å². The molecule has 0 saturated heterocycles. The Labute approximate surface area is 237 Å². The average Bonchev–Trinajstić information content (AvgIpc) is 3.36. The number of hydrogen-bond acceptors (Lipinski definition) is 6. The van der Waals surface area contributed by atoms with E-state index in [4.69, 9.17) is 4.74 Å². The molecule has 212 valence electrons. The highest BCUT2D eigenvalue weighted by Crippen LogP contribution is 2.21. The summed E-state index contributed by atoms with van der Waals surface area (Å²) in [6.07, 6.45) is 2.02. The monoisotopic (exact) mass is 556 g/mol. The van der Waals surface area contributed by atoms with Gasteiger partial charge in [0.05, 0.1) is 12.0 Å². The molecule has 0 spiro atoms. The number of esters is 1. The van der Waals surface area contributed by atoms with Gasteiger partial charge in [0.25, 0.3) is 11.6 Å². The second-order valence-electron chi connectivity index (χ2n) is 10.1. The summed E-state index contributed by atoms with van der Waals surface area (Å²) < 4.78 is 5.00. The first kappa shape index (κ1) is 29.0. The maximum Gasteiger partial charge on any atom is 0.328 e. The number of nitro groups is 1. The second kappa shape index (κ2) is 12.5. The molecule has 2 atom stereocenters. The fourth-order valence-electron chi connectivity index (χ4n) is 4.95. The van der Waals surface area contributed by atoms with Crippen molar-refractivity contribution in [2.45, 2.75) is 38.8 Å². The molecular weight excluding hydrogens is 524 g/mol. The number of likely N-dealkylation sites (N-methyl/N-ethyl adjacent to an activating group) is 1. The zero-order valence-electron chi connectivity index (χ0n) is 23.3. The number of aryl methyl sites for hydroxylation is 2. The first-order chi connectivity index (χ1) is 19.6. The van der Waals surface area contributed by atoms with Crippen LogP contribution in [0.5, 0.6) is 0 Å². The van der Waals surface area contributed by atoms with Gasteiger partial charge >= 0.3 is 5.97 Å². The molecule has 1 aromatic heterocycles. The van der Waals surface area contributed by atoms with Gasteiger partial charge in [-0.05, 0) is 43.2 Å². The number of nitrogens with one attached hydrogen (secondary N) is 2. The normalized spacial score (nSPS) is 12.4. The summed E-state index contributed by atoms with van der Waals surface area (Å²) in [6.45, 7) is 3.77. The zero-order chi connectivity index (χ0) is 29.7. The number of fused-ring (bicyclic) bond motifs is 1. The standard InChI is InChI=1S/C31H32N4O6/c1-19-13-20(2)15-22(14-19)30(37)34(3)28(16-21-9-11-24(12-10-21)35(39)40)29(36)33-27(31(38)41-4)17-23-18-32-26-8-6-5-7-25(23)26/h5-15,18,27-28,32H,16-17H2,1-4H3,(H,33,36)/t27-,28-/m0/s1. The molecular formula is C31H32N4O6. The van der Waals surface area contributed by atoms with Crippen LogP contribution in [-0.2, 0) is 27.2 Å². The van der Waals surface area contributed by atoms with Gasteiger partial charge in [-0.25, -0.2) is 4.79 Å². The summed E-state index contributed by atoms with van der Waals surface area (Å²) in [5.74, 6) is -1.55. The number of carbonyl (C=O) groups excluding carboxylic acids is 3. The van der Waals surface area contributed by atoms with E-state index in [1.165, 1.54) is 31.2 Å². The maximum atomic E-state index is 13.8. The van der Waals surface area contributed by atoms with E-state index in [0.29, 0.717) is 11.1 Å². The van der Waals surface area contributed by atoms with Crippen LogP contribution in [0.1, 0.15) is 32.6 Å². The molecule has 10 nitrogen and oxygen atoms in total.